The fourth-order valence-corrected chi connectivity index (χ4v) is 4.22. The van der Waals surface area contributed by atoms with Crippen molar-refractivity contribution >= 4 is 28.9 Å². The van der Waals surface area contributed by atoms with Gasteiger partial charge in [-0.15, -0.1) is 0 Å². The lowest BCUT2D eigenvalue weighted by Gasteiger charge is -2.27. The zero-order chi connectivity index (χ0) is 28.8. The Balaban J connectivity index is 1.57. The van der Waals surface area contributed by atoms with E-state index in [2.05, 4.69) is 0 Å². The smallest absolute Gasteiger partial charge is 0.341 e. The van der Waals surface area contributed by atoms with E-state index in [-0.39, 0.29) is 35.1 Å². The Morgan fingerprint density at radius 2 is 1.73 bits per heavy atom. The maximum absolute atomic E-state index is 14.5. The third kappa shape index (κ3) is 7.03. The third-order valence-electron chi connectivity index (χ3n) is 5.98. The molecular weight excluding hydrogens is 546 g/mol. The number of aliphatic carboxylic acids is 1. The average Bonchev–Trinajstić information content (AvgIpc) is 2.91. The molecule has 0 radical (unpaired) electrons. The van der Waals surface area contributed by atoms with Crippen LogP contribution in [0, 0.1) is 28.7 Å². The summed E-state index contributed by atoms with van der Waals surface area (Å²) in [5.74, 6) is -1.55. The van der Waals surface area contributed by atoms with Crippen molar-refractivity contribution in [3.8, 4) is 17.2 Å². The predicted octanol–water partition coefficient (Wildman–Crippen LogP) is 7.30. The van der Waals surface area contributed by atoms with Crippen LogP contribution in [0.3, 0.4) is 0 Å². The molecule has 4 aromatic rings. The second-order valence-corrected chi connectivity index (χ2v) is 9.20. The quantitative estimate of drug-likeness (QED) is 0.150. The molecule has 0 heterocycles. The largest absolute Gasteiger partial charge is 0.480 e. The molecule has 4 rings (SSSR count). The van der Waals surface area contributed by atoms with E-state index < -0.39 is 29.1 Å². The lowest BCUT2D eigenvalue weighted by atomic mass is 10.1. The fourth-order valence-electron chi connectivity index (χ4n) is 4.05. The van der Waals surface area contributed by atoms with Gasteiger partial charge in [0.1, 0.15) is 28.9 Å². The second-order valence-electron chi connectivity index (χ2n) is 8.79. The Morgan fingerprint density at radius 1 is 1.00 bits per heavy atom. The van der Waals surface area contributed by atoms with E-state index in [0.717, 1.165) is 17.7 Å². The van der Waals surface area contributed by atoms with Crippen molar-refractivity contribution in [2.75, 3.05) is 11.5 Å². The van der Waals surface area contributed by atoms with Crippen LogP contribution in [0.5, 0.6) is 17.2 Å². The minimum atomic E-state index is -1.14. The molecule has 0 atom stereocenters. The van der Waals surface area contributed by atoms with Crippen LogP contribution < -0.4 is 14.4 Å². The molecule has 206 valence electrons. The average molecular weight is 569 g/mol. The molecule has 0 aliphatic carbocycles. The first-order valence-corrected chi connectivity index (χ1v) is 12.3. The Kier molecular flexibility index (Phi) is 8.80. The van der Waals surface area contributed by atoms with Crippen LogP contribution in [0.15, 0.2) is 78.9 Å². The molecule has 0 amide bonds. The Bertz CT molecular complexity index is 1550. The first-order valence-electron chi connectivity index (χ1n) is 11.9. The Morgan fingerprint density at radius 3 is 2.40 bits per heavy atom. The molecule has 0 saturated carbocycles. The number of nitro benzene ring substituents is 1. The van der Waals surface area contributed by atoms with Gasteiger partial charge in [0.25, 0.3) is 5.69 Å². The lowest BCUT2D eigenvalue weighted by Crippen LogP contribution is -2.24. The lowest BCUT2D eigenvalue weighted by molar-refractivity contribution is -0.385. The molecule has 4 aromatic carbocycles. The zero-order valence-electron chi connectivity index (χ0n) is 21.1. The number of hydrogen-bond acceptors (Lipinski definition) is 6. The summed E-state index contributed by atoms with van der Waals surface area (Å²) in [4.78, 5) is 23.6. The number of nitrogens with zero attached hydrogens (tertiary/aromatic N) is 2. The van der Waals surface area contributed by atoms with E-state index in [9.17, 15) is 23.7 Å². The van der Waals surface area contributed by atoms with Crippen LogP contribution in [0.2, 0.25) is 5.02 Å². The van der Waals surface area contributed by atoms with Gasteiger partial charge in [0.05, 0.1) is 15.5 Å². The van der Waals surface area contributed by atoms with Crippen molar-refractivity contribution in [3.63, 3.8) is 0 Å². The number of benzene rings is 4. The monoisotopic (exact) mass is 568 g/mol. The van der Waals surface area contributed by atoms with E-state index in [1.54, 1.807) is 54.3 Å². The van der Waals surface area contributed by atoms with Gasteiger partial charge in [0.2, 0.25) is 0 Å². The summed E-state index contributed by atoms with van der Waals surface area (Å²) in [6, 6.07) is 19.6. The van der Waals surface area contributed by atoms with Gasteiger partial charge in [0, 0.05) is 42.5 Å². The van der Waals surface area contributed by atoms with Crippen molar-refractivity contribution in [2.24, 2.45) is 0 Å². The first kappa shape index (κ1) is 28.3. The molecule has 11 heteroatoms. The van der Waals surface area contributed by atoms with Gasteiger partial charge in [-0.1, -0.05) is 35.9 Å². The molecule has 40 heavy (non-hydrogen) atoms. The summed E-state index contributed by atoms with van der Waals surface area (Å²) < 4.78 is 39.0. The highest BCUT2D eigenvalue weighted by molar-refractivity contribution is 6.32. The third-order valence-corrected chi connectivity index (χ3v) is 6.29. The normalized spacial score (nSPS) is 10.7. The highest BCUT2D eigenvalue weighted by atomic mass is 35.5. The van der Waals surface area contributed by atoms with Crippen LogP contribution in [0.1, 0.15) is 16.7 Å². The summed E-state index contributed by atoms with van der Waals surface area (Å²) in [5, 5.41) is 20.6. The molecule has 0 aliphatic heterocycles. The van der Waals surface area contributed by atoms with Crippen LogP contribution in [-0.4, -0.2) is 22.6 Å². The second kappa shape index (κ2) is 12.4. The molecule has 8 nitrogen and oxygen atoms in total. The van der Waals surface area contributed by atoms with Crippen molar-refractivity contribution in [2.45, 2.75) is 20.0 Å². The van der Waals surface area contributed by atoms with Crippen molar-refractivity contribution in [1.29, 1.82) is 0 Å². The number of nitro groups is 1. The number of anilines is 1. The maximum Gasteiger partial charge on any atom is 0.341 e. The molecular formula is C29H23ClF2N2O6. The molecule has 0 saturated heterocycles. The molecule has 0 aliphatic rings. The van der Waals surface area contributed by atoms with E-state index in [1.807, 2.05) is 0 Å². The number of halogens is 3. The minimum absolute atomic E-state index is 0.0380. The van der Waals surface area contributed by atoms with E-state index in [0.29, 0.717) is 22.7 Å². The number of carboxylic acids is 1. The van der Waals surface area contributed by atoms with Gasteiger partial charge in [-0.3, -0.25) is 10.1 Å². The van der Waals surface area contributed by atoms with Gasteiger partial charge < -0.3 is 19.5 Å². The standard InChI is InChI=1S/C29H23ClF2N2O6/c1-18-26(3-2-4-27(18)34(37)38)33(16-20-7-8-21(31)13-25(20)32)15-19-5-9-22(10-6-19)40-23-11-12-24(30)28(14-23)39-17-29(35)36/h2-14H,15-17H2,1H3,(H,35,36). The highest BCUT2D eigenvalue weighted by Crippen LogP contribution is 2.33. The highest BCUT2D eigenvalue weighted by Gasteiger charge is 2.20. The van der Waals surface area contributed by atoms with Crippen molar-refractivity contribution in [3.05, 3.63) is 122 Å². The minimum Gasteiger partial charge on any atom is -0.480 e. The van der Waals surface area contributed by atoms with Crippen molar-refractivity contribution in [1.82, 2.24) is 0 Å². The summed E-state index contributed by atoms with van der Waals surface area (Å²) in [6.07, 6.45) is 0. The molecule has 0 fully saturated rings. The number of ether oxygens (including phenoxy) is 2. The van der Waals surface area contributed by atoms with Crippen LogP contribution in [-0.2, 0) is 17.9 Å². The molecule has 0 aromatic heterocycles. The number of carboxylic acid groups (broad SMARTS) is 1. The van der Waals surface area contributed by atoms with Gasteiger partial charge >= 0.3 is 5.97 Å². The number of hydrogen-bond donors (Lipinski definition) is 1. The van der Waals surface area contributed by atoms with E-state index in [4.69, 9.17) is 26.2 Å². The summed E-state index contributed by atoms with van der Waals surface area (Å²) in [6.45, 7) is 1.36. The molecule has 0 spiro atoms. The first-order chi connectivity index (χ1) is 19.1. The summed E-state index contributed by atoms with van der Waals surface area (Å²) >= 11 is 6.06. The number of rotatable bonds is 11. The molecule has 0 unspecified atom stereocenters. The zero-order valence-corrected chi connectivity index (χ0v) is 21.9. The predicted molar refractivity (Wildman–Crippen MR) is 145 cm³/mol. The van der Waals surface area contributed by atoms with Crippen LogP contribution >= 0.6 is 11.6 Å². The van der Waals surface area contributed by atoms with Gasteiger partial charge in [-0.05, 0) is 48.9 Å². The van der Waals surface area contributed by atoms with E-state index in [1.165, 1.54) is 24.3 Å². The Labute approximate surface area is 233 Å². The van der Waals surface area contributed by atoms with E-state index >= 15 is 0 Å². The Hall–Kier alpha value is -4.70. The molecule has 1 N–H and O–H groups in total. The fraction of sp³-hybridized carbons (Fsp3) is 0.138. The van der Waals surface area contributed by atoms with Crippen LogP contribution in [0.25, 0.3) is 0 Å². The summed E-state index contributed by atoms with van der Waals surface area (Å²) in [5.41, 5.74) is 1.91. The summed E-state index contributed by atoms with van der Waals surface area (Å²) in [7, 11) is 0. The SMILES string of the molecule is Cc1c(N(Cc2ccc(Oc3ccc(Cl)c(OCC(=O)O)c3)cc2)Cc2ccc(F)cc2F)cccc1[N+](=O)[O-]. The van der Waals surface area contributed by atoms with Crippen LogP contribution in [0.4, 0.5) is 20.2 Å². The van der Waals surface area contributed by atoms with Gasteiger partial charge in [-0.25, -0.2) is 13.6 Å². The number of carbonyl (C=O) groups is 1. The van der Waals surface area contributed by atoms with Crippen molar-refractivity contribution < 1.29 is 33.1 Å². The topological polar surface area (TPSA) is 102 Å². The molecule has 0 bridgehead atoms. The van der Waals surface area contributed by atoms with Gasteiger partial charge in [-0.2, -0.15) is 0 Å². The van der Waals surface area contributed by atoms with Gasteiger partial charge in [0.15, 0.2) is 6.61 Å². The maximum atomic E-state index is 14.5.